The molecule has 0 saturated carbocycles. The van der Waals surface area contributed by atoms with Gasteiger partial charge in [0.2, 0.25) is 0 Å². The van der Waals surface area contributed by atoms with Crippen LogP contribution in [0.1, 0.15) is 49.9 Å². The van der Waals surface area contributed by atoms with Gasteiger partial charge >= 0.3 is 0 Å². The Hall–Kier alpha value is -3.61. The number of hydrogen-bond acceptors (Lipinski definition) is 2. The highest BCUT2D eigenvalue weighted by molar-refractivity contribution is 7.85. The Morgan fingerprint density at radius 2 is 1.05 bits per heavy atom. The second kappa shape index (κ2) is 11.9. The summed E-state index contributed by atoms with van der Waals surface area (Å²) in [6, 6.07) is 32.9. The zero-order valence-electron chi connectivity index (χ0n) is 24.3. The third-order valence-corrected chi connectivity index (χ3v) is 11.4. The van der Waals surface area contributed by atoms with Crippen molar-refractivity contribution in [2.75, 3.05) is 7.11 Å². The summed E-state index contributed by atoms with van der Waals surface area (Å²) in [7, 11) is -1.56. The molecular formula is C37H39O2P. The maximum Gasteiger partial charge on any atom is 0.171 e. The lowest BCUT2D eigenvalue weighted by molar-refractivity contribution is 0.417. The zero-order chi connectivity index (χ0) is 28.3. The molecule has 204 valence electrons. The highest BCUT2D eigenvalue weighted by Crippen LogP contribution is 2.51. The van der Waals surface area contributed by atoms with Gasteiger partial charge in [0.1, 0.15) is 5.75 Å². The molecule has 40 heavy (non-hydrogen) atoms. The normalized spacial score (nSPS) is 11.6. The van der Waals surface area contributed by atoms with Crippen molar-refractivity contribution < 1.29 is 9.30 Å². The van der Waals surface area contributed by atoms with E-state index in [0.717, 1.165) is 69.2 Å². The van der Waals surface area contributed by atoms with E-state index in [1.807, 2.05) is 60.7 Å². The average Bonchev–Trinajstić information content (AvgIpc) is 3.03. The van der Waals surface area contributed by atoms with Gasteiger partial charge in [-0.05, 0) is 64.8 Å². The van der Waals surface area contributed by atoms with Crippen molar-refractivity contribution in [2.45, 2.75) is 53.4 Å². The molecule has 0 saturated heterocycles. The summed E-state index contributed by atoms with van der Waals surface area (Å²) in [6.45, 7) is 8.95. The van der Waals surface area contributed by atoms with Crippen LogP contribution in [0, 0.1) is 0 Å². The van der Waals surface area contributed by atoms with Gasteiger partial charge in [0.05, 0.1) is 7.11 Å². The number of methoxy groups -OCH3 is 1. The lowest BCUT2D eigenvalue weighted by atomic mass is 9.83. The fraction of sp³-hybridized carbons (Fsp3) is 0.243. The molecule has 0 bridgehead atoms. The van der Waals surface area contributed by atoms with Crippen LogP contribution in [-0.2, 0) is 30.2 Å². The summed E-state index contributed by atoms with van der Waals surface area (Å²) >= 11 is 0. The van der Waals surface area contributed by atoms with E-state index in [1.54, 1.807) is 7.11 Å². The van der Waals surface area contributed by atoms with E-state index in [1.165, 1.54) is 22.3 Å². The summed E-state index contributed by atoms with van der Waals surface area (Å²) in [5.74, 6) is 0.815. The lowest BCUT2D eigenvalue weighted by Gasteiger charge is -2.32. The second-order valence-corrected chi connectivity index (χ2v) is 12.9. The van der Waals surface area contributed by atoms with Crippen molar-refractivity contribution in [3.05, 3.63) is 119 Å². The second-order valence-electron chi connectivity index (χ2n) is 10.2. The minimum atomic E-state index is -3.31. The standard InChI is InChI=1S/C37H39O2P/c1-6-29-30(7-2)32(9-4)37(40(38,27-19-12-10-13-20-27)28-21-14-11-15-22-28)36(31(29)8-3)35-33-23-17-16-18-26(33)24-25-34(35)39-5/h10-25H,6-9H2,1-5H3. The van der Waals surface area contributed by atoms with Gasteiger partial charge in [-0.25, -0.2) is 0 Å². The Morgan fingerprint density at radius 1 is 0.550 bits per heavy atom. The van der Waals surface area contributed by atoms with Crippen LogP contribution in [0.25, 0.3) is 21.9 Å². The molecule has 0 heterocycles. The Labute approximate surface area is 239 Å². The lowest BCUT2D eigenvalue weighted by Crippen LogP contribution is -2.31. The first kappa shape index (κ1) is 27.9. The summed E-state index contributed by atoms with van der Waals surface area (Å²) in [5, 5.41) is 4.98. The molecule has 0 aliphatic heterocycles. The average molecular weight is 547 g/mol. The molecule has 0 N–H and O–H groups in total. The van der Waals surface area contributed by atoms with E-state index in [2.05, 4.69) is 64.1 Å². The van der Waals surface area contributed by atoms with Gasteiger partial charge in [0.15, 0.2) is 7.14 Å². The van der Waals surface area contributed by atoms with Gasteiger partial charge in [0, 0.05) is 27.0 Å². The molecule has 5 rings (SSSR count). The van der Waals surface area contributed by atoms with Crippen LogP contribution in [0.4, 0.5) is 0 Å². The van der Waals surface area contributed by atoms with Crippen molar-refractivity contribution in [2.24, 2.45) is 0 Å². The summed E-state index contributed by atoms with van der Waals surface area (Å²) in [5.41, 5.74) is 7.39. The van der Waals surface area contributed by atoms with Gasteiger partial charge in [-0.2, -0.15) is 0 Å². The number of hydrogen-bond donors (Lipinski definition) is 0. The highest BCUT2D eigenvalue weighted by Gasteiger charge is 2.38. The predicted octanol–water partition coefficient (Wildman–Crippen LogP) is 8.40. The molecule has 0 atom stereocenters. The van der Waals surface area contributed by atoms with Crippen LogP contribution in [0.15, 0.2) is 97.1 Å². The maximum atomic E-state index is 16.2. The van der Waals surface area contributed by atoms with Crippen molar-refractivity contribution in [3.8, 4) is 16.9 Å². The maximum absolute atomic E-state index is 16.2. The van der Waals surface area contributed by atoms with Crippen molar-refractivity contribution in [1.82, 2.24) is 0 Å². The van der Waals surface area contributed by atoms with Gasteiger partial charge in [-0.15, -0.1) is 0 Å². The van der Waals surface area contributed by atoms with E-state index in [0.29, 0.717) is 0 Å². The largest absolute Gasteiger partial charge is 0.496 e. The van der Waals surface area contributed by atoms with Crippen molar-refractivity contribution >= 4 is 33.8 Å². The first-order chi connectivity index (χ1) is 19.5. The Kier molecular flexibility index (Phi) is 8.29. The van der Waals surface area contributed by atoms with E-state index >= 15 is 4.57 Å². The molecule has 0 amide bonds. The minimum Gasteiger partial charge on any atom is -0.496 e. The van der Waals surface area contributed by atoms with Crippen LogP contribution in [0.5, 0.6) is 5.75 Å². The van der Waals surface area contributed by atoms with E-state index in [9.17, 15) is 0 Å². The van der Waals surface area contributed by atoms with E-state index in [-0.39, 0.29) is 0 Å². The smallest absolute Gasteiger partial charge is 0.171 e. The van der Waals surface area contributed by atoms with Crippen LogP contribution in [0.2, 0.25) is 0 Å². The fourth-order valence-electron chi connectivity index (χ4n) is 6.56. The Morgan fingerprint density at radius 3 is 1.57 bits per heavy atom. The quantitative estimate of drug-likeness (QED) is 0.174. The number of benzene rings is 5. The first-order valence-electron chi connectivity index (χ1n) is 14.5. The molecule has 0 aliphatic carbocycles. The Bertz CT molecular complexity index is 1640. The summed E-state index contributed by atoms with van der Waals surface area (Å²) in [4.78, 5) is 0. The molecule has 2 nitrogen and oxygen atoms in total. The van der Waals surface area contributed by atoms with Gasteiger partial charge in [0.25, 0.3) is 0 Å². The number of rotatable bonds is 9. The molecule has 5 aromatic rings. The zero-order valence-corrected chi connectivity index (χ0v) is 25.2. The molecule has 0 fully saturated rings. The SMILES string of the molecule is CCc1c(CC)c(CC)c(P(=O)(c2ccccc2)c2ccccc2)c(-c2c(OC)ccc3ccccc23)c1CC. The first-order valence-corrected chi connectivity index (χ1v) is 16.2. The molecule has 0 radical (unpaired) electrons. The molecule has 0 aliphatic rings. The van der Waals surface area contributed by atoms with Crippen LogP contribution in [-0.4, -0.2) is 7.11 Å². The van der Waals surface area contributed by atoms with Crippen molar-refractivity contribution in [1.29, 1.82) is 0 Å². The van der Waals surface area contributed by atoms with Crippen LogP contribution >= 0.6 is 7.14 Å². The monoisotopic (exact) mass is 546 g/mol. The Balaban J connectivity index is 2.11. The molecule has 5 aromatic carbocycles. The molecule has 0 spiro atoms. The number of ether oxygens (including phenoxy) is 1. The van der Waals surface area contributed by atoms with Crippen LogP contribution in [0.3, 0.4) is 0 Å². The molecule has 0 aromatic heterocycles. The van der Waals surface area contributed by atoms with Gasteiger partial charge in [-0.1, -0.05) is 119 Å². The van der Waals surface area contributed by atoms with Gasteiger partial charge in [-0.3, -0.25) is 0 Å². The summed E-state index contributed by atoms with van der Waals surface area (Å²) < 4.78 is 22.3. The molecule has 0 unspecified atom stereocenters. The van der Waals surface area contributed by atoms with Gasteiger partial charge < -0.3 is 9.30 Å². The molecule has 3 heteroatoms. The highest BCUT2D eigenvalue weighted by atomic mass is 31.2. The van der Waals surface area contributed by atoms with E-state index in [4.69, 9.17) is 4.74 Å². The topological polar surface area (TPSA) is 26.3 Å². The molecular weight excluding hydrogens is 507 g/mol. The minimum absolute atomic E-state index is 0.805. The summed E-state index contributed by atoms with van der Waals surface area (Å²) in [6.07, 6.45) is 3.49. The van der Waals surface area contributed by atoms with Crippen molar-refractivity contribution in [3.63, 3.8) is 0 Å². The van der Waals surface area contributed by atoms with Crippen LogP contribution < -0.4 is 20.7 Å². The fourth-order valence-corrected chi connectivity index (χ4v) is 9.79. The predicted molar refractivity (Wildman–Crippen MR) is 173 cm³/mol. The third-order valence-electron chi connectivity index (χ3n) is 8.25. The third kappa shape index (κ3) is 4.49. The van der Waals surface area contributed by atoms with E-state index < -0.39 is 7.14 Å². The number of fused-ring (bicyclic) bond motifs is 1.